The van der Waals surface area contributed by atoms with Gasteiger partial charge < -0.3 is 17.1 Å². The fourth-order valence-electron chi connectivity index (χ4n) is 3.64. The third kappa shape index (κ3) is 4.34. The number of hydrogen-bond donors (Lipinski definition) is 0. The number of aromatic nitrogens is 1. The highest BCUT2D eigenvalue weighted by Gasteiger charge is 2.45. The second kappa shape index (κ2) is 9.69. The van der Waals surface area contributed by atoms with E-state index in [-0.39, 0.29) is 12.4 Å². The van der Waals surface area contributed by atoms with Crippen molar-refractivity contribution in [2.45, 2.75) is 6.16 Å². The van der Waals surface area contributed by atoms with Gasteiger partial charge in [-0.2, -0.15) is 0 Å². The number of nitrogens with zero attached hydrogens (tertiary/aromatic N) is 1. The van der Waals surface area contributed by atoms with Crippen LogP contribution < -0.4 is 33.1 Å². The second-order valence-electron chi connectivity index (χ2n) is 6.66. The fourth-order valence-corrected chi connectivity index (χ4v) is 7.80. The van der Waals surface area contributed by atoms with Crippen LogP contribution in [0.1, 0.15) is 5.69 Å². The molecule has 0 spiro atoms. The number of halogens is 1. The molecule has 1 aromatic heterocycles. The van der Waals surface area contributed by atoms with Crippen molar-refractivity contribution < 1.29 is 17.1 Å². The lowest BCUT2D eigenvalue weighted by molar-refractivity contribution is -0.00000585. The molecule has 0 saturated heterocycles. The van der Waals surface area contributed by atoms with Gasteiger partial charge in [0.15, 0.2) is 0 Å². The van der Waals surface area contributed by atoms with Gasteiger partial charge in [-0.1, -0.05) is 54.6 Å². The van der Waals surface area contributed by atoms with E-state index < -0.39 is 7.26 Å². The predicted molar refractivity (Wildman–Crippen MR) is 120 cm³/mol. The SMILES string of the molecule is COc1ccc(C[P+](c2ccccc2)(c2ccccc2)c2ccccc2)nc1.[Cl-]. The zero-order valence-corrected chi connectivity index (χ0v) is 17.9. The van der Waals surface area contributed by atoms with Gasteiger partial charge in [-0.05, 0) is 48.5 Å². The summed E-state index contributed by atoms with van der Waals surface area (Å²) in [5, 5.41) is 4.10. The highest BCUT2D eigenvalue weighted by atomic mass is 35.5. The summed E-state index contributed by atoms with van der Waals surface area (Å²) in [5.74, 6) is 0.784. The van der Waals surface area contributed by atoms with Crippen molar-refractivity contribution in [1.82, 2.24) is 4.98 Å². The van der Waals surface area contributed by atoms with Gasteiger partial charge in [-0.3, -0.25) is 4.98 Å². The maximum Gasteiger partial charge on any atom is 0.137 e. The molecule has 3 aromatic carbocycles. The van der Waals surface area contributed by atoms with E-state index >= 15 is 0 Å². The minimum absolute atomic E-state index is 0. The standard InChI is InChI=1S/C25H23NOP.ClH/c1-27-22-18-17-21(26-19-22)20-28(23-11-5-2-6-12-23,24-13-7-3-8-14-24)25-15-9-4-10-16-25;/h2-19H,20H2,1H3;1H/q+1;/p-1. The number of ether oxygens (including phenoxy) is 1. The molecule has 0 radical (unpaired) electrons. The number of rotatable bonds is 6. The van der Waals surface area contributed by atoms with Gasteiger partial charge in [-0.25, -0.2) is 0 Å². The van der Waals surface area contributed by atoms with E-state index in [0.29, 0.717) is 0 Å². The Morgan fingerprint density at radius 1 is 0.655 bits per heavy atom. The van der Waals surface area contributed by atoms with Crippen molar-refractivity contribution in [3.63, 3.8) is 0 Å². The Morgan fingerprint density at radius 2 is 1.10 bits per heavy atom. The van der Waals surface area contributed by atoms with Crippen LogP contribution in [0.3, 0.4) is 0 Å². The van der Waals surface area contributed by atoms with E-state index in [2.05, 4.69) is 97.1 Å². The molecule has 0 aliphatic carbocycles. The van der Waals surface area contributed by atoms with Crippen LogP contribution in [0.4, 0.5) is 0 Å². The maximum absolute atomic E-state index is 5.30. The molecular weight excluding hydrogens is 397 g/mol. The Balaban J connectivity index is 0.00000240. The highest BCUT2D eigenvalue weighted by molar-refractivity contribution is 7.95. The van der Waals surface area contributed by atoms with Gasteiger partial charge >= 0.3 is 0 Å². The first kappa shape index (κ1) is 21.0. The first-order valence-corrected chi connectivity index (χ1v) is 11.3. The molecule has 146 valence electrons. The van der Waals surface area contributed by atoms with E-state index in [1.165, 1.54) is 15.9 Å². The Morgan fingerprint density at radius 3 is 1.45 bits per heavy atom. The van der Waals surface area contributed by atoms with E-state index in [1.807, 2.05) is 12.3 Å². The molecule has 0 aliphatic heterocycles. The van der Waals surface area contributed by atoms with Gasteiger partial charge in [0, 0.05) is 0 Å². The molecule has 29 heavy (non-hydrogen) atoms. The average Bonchev–Trinajstić information content (AvgIpc) is 2.80. The Kier molecular flexibility index (Phi) is 7.04. The molecule has 0 saturated carbocycles. The smallest absolute Gasteiger partial charge is 0.137 e. The monoisotopic (exact) mass is 419 g/mol. The molecule has 0 amide bonds. The van der Waals surface area contributed by atoms with E-state index in [9.17, 15) is 0 Å². The lowest BCUT2D eigenvalue weighted by Gasteiger charge is -2.27. The highest BCUT2D eigenvalue weighted by Crippen LogP contribution is 2.57. The molecule has 0 aliphatic rings. The Bertz CT molecular complexity index is 912. The van der Waals surface area contributed by atoms with Crippen molar-refractivity contribution in [1.29, 1.82) is 0 Å². The summed E-state index contributed by atoms with van der Waals surface area (Å²) in [7, 11) is -0.230. The first-order chi connectivity index (χ1) is 13.8. The summed E-state index contributed by atoms with van der Waals surface area (Å²) in [4.78, 5) is 4.71. The van der Waals surface area contributed by atoms with Crippen LogP contribution in [0.25, 0.3) is 0 Å². The first-order valence-electron chi connectivity index (χ1n) is 9.37. The number of pyridine rings is 1. The molecule has 4 heteroatoms. The number of benzene rings is 3. The van der Waals surface area contributed by atoms with E-state index in [1.54, 1.807) is 7.11 Å². The van der Waals surface area contributed by atoms with Gasteiger partial charge in [0.1, 0.15) is 35.1 Å². The molecule has 4 rings (SSSR count). The third-order valence-corrected chi connectivity index (χ3v) is 9.36. The van der Waals surface area contributed by atoms with Crippen molar-refractivity contribution >= 4 is 23.2 Å². The molecule has 2 nitrogen and oxygen atoms in total. The summed E-state index contributed by atoms with van der Waals surface area (Å²) < 4.78 is 5.30. The van der Waals surface area contributed by atoms with Gasteiger partial charge in [0.25, 0.3) is 0 Å². The Hall–Kier alpha value is -2.67. The van der Waals surface area contributed by atoms with Crippen molar-refractivity contribution in [3.8, 4) is 5.75 Å². The van der Waals surface area contributed by atoms with Crippen LogP contribution in [0.5, 0.6) is 5.75 Å². The minimum Gasteiger partial charge on any atom is -1.00 e. The number of methoxy groups -OCH3 is 1. The summed E-state index contributed by atoms with van der Waals surface area (Å²) >= 11 is 0. The second-order valence-corrected chi connectivity index (χ2v) is 10.1. The van der Waals surface area contributed by atoms with Crippen LogP contribution >= 0.6 is 7.26 Å². The summed E-state index contributed by atoms with van der Waals surface area (Å²) in [6.45, 7) is 0. The third-order valence-electron chi connectivity index (χ3n) is 5.02. The van der Waals surface area contributed by atoms with Crippen LogP contribution in [0.15, 0.2) is 109 Å². The van der Waals surface area contributed by atoms with Crippen LogP contribution in [0, 0.1) is 0 Å². The van der Waals surface area contributed by atoms with Crippen LogP contribution in [-0.4, -0.2) is 12.1 Å². The minimum atomic E-state index is -1.90. The Labute approximate surface area is 179 Å². The fraction of sp³-hybridized carbons (Fsp3) is 0.0800. The summed E-state index contributed by atoms with van der Waals surface area (Å²) in [6, 6.07) is 36.7. The lowest BCUT2D eigenvalue weighted by Crippen LogP contribution is -3.00. The predicted octanol–water partition coefficient (Wildman–Crippen LogP) is 1.59. The molecule has 4 aromatic rings. The topological polar surface area (TPSA) is 22.1 Å². The molecule has 0 fully saturated rings. The summed E-state index contributed by atoms with van der Waals surface area (Å²) in [6.07, 6.45) is 2.68. The van der Waals surface area contributed by atoms with Gasteiger partial charge in [0.05, 0.1) is 19.0 Å². The van der Waals surface area contributed by atoms with Crippen molar-refractivity contribution in [2.24, 2.45) is 0 Å². The number of hydrogen-bond acceptors (Lipinski definition) is 2. The molecule has 1 heterocycles. The van der Waals surface area contributed by atoms with Crippen LogP contribution in [0.2, 0.25) is 0 Å². The zero-order chi connectivity index (χ0) is 19.2. The molecule has 0 unspecified atom stereocenters. The van der Waals surface area contributed by atoms with Gasteiger partial charge in [0.2, 0.25) is 0 Å². The van der Waals surface area contributed by atoms with E-state index in [4.69, 9.17) is 9.72 Å². The van der Waals surface area contributed by atoms with E-state index in [0.717, 1.165) is 17.6 Å². The normalized spacial score (nSPS) is 10.8. The molecule has 0 atom stereocenters. The summed E-state index contributed by atoms with van der Waals surface area (Å²) in [5.41, 5.74) is 1.07. The zero-order valence-electron chi connectivity index (χ0n) is 16.3. The molecular formula is C25H23ClNOP. The largest absolute Gasteiger partial charge is 1.00 e. The van der Waals surface area contributed by atoms with Crippen LogP contribution in [-0.2, 0) is 6.16 Å². The average molecular weight is 420 g/mol. The molecule has 0 N–H and O–H groups in total. The maximum atomic E-state index is 5.30. The van der Waals surface area contributed by atoms with Crippen molar-refractivity contribution in [3.05, 3.63) is 115 Å². The van der Waals surface area contributed by atoms with Crippen molar-refractivity contribution in [2.75, 3.05) is 7.11 Å². The molecule has 0 bridgehead atoms. The lowest BCUT2D eigenvalue weighted by atomic mass is 10.3. The van der Waals surface area contributed by atoms with Gasteiger partial charge in [-0.15, -0.1) is 0 Å². The quantitative estimate of drug-likeness (QED) is 0.443.